The highest BCUT2D eigenvalue weighted by Crippen LogP contribution is 2.09. The molecule has 1 heterocycles. The van der Waals surface area contributed by atoms with Crippen LogP contribution < -0.4 is 5.32 Å². The molecule has 0 aliphatic carbocycles. The molecule has 14 heavy (non-hydrogen) atoms. The van der Waals surface area contributed by atoms with Crippen LogP contribution in [0.25, 0.3) is 0 Å². The second-order valence-electron chi connectivity index (χ2n) is 4.12. The fraction of sp³-hybridized carbons (Fsp3) is 0.889. The molecule has 0 aromatic heterocycles. The highest BCUT2D eigenvalue weighted by molar-refractivity contribution is 5.85. The Hall–Kier alpha value is -0.320. The third-order valence-electron chi connectivity index (χ3n) is 1.61. The van der Waals surface area contributed by atoms with Crippen LogP contribution in [0.2, 0.25) is 0 Å². The minimum absolute atomic E-state index is 0. The summed E-state index contributed by atoms with van der Waals surface area (Å²) in [4.78, 5) is 11.4. The predicted octanol–water partition coefficient (Wildman–Crippen LogP) is 0.738. The van der Waals surface area contributed by atoms with E-state index in [1.165, 1.54) is 0 Å². The Balaban J connectivity index is 0.00000169. The molecular formula is C9H18ClNO3. The predicted molar refractivity (Wildman–Crippen MR) is 55.7 cm³/mol. The van der Waals surface area contributed by atoms with Gasteiger partial charge in [-0.05, 0) is 20.8 Å². The number of carbonyl (C=O) groups is 1. The number of rotatable bonds is 1. The zero-order valence-electron chi connectivity index (χ0n) is 8.83. The normalized spacial score (nSPS) is 22.4. The molecule has 0 unspecified atom stereocenters. The van der Waals surface area contributed by atoms with E-state index in [0.29, 0.717) is 19.8 Å². The summed E-state index contributed by atoms with van der Waals surface area (Å²) < 4.78 is 10.4. The number of halogens is 1. The molecule has 1 saturated heterocycles. The molecule has 0 radical (unpaired) electrons. The molecule has 1 rings (SSSR count). The summed E-state index contributed by atoms with van der Waals surface area (Å²) in [6, 6.07) is -0.298. The van der Waals surface area contributed by atoms with Crippen molar-refractivity contribution < 1.29 is 14.3 Å². The maximum absolute atomic E-state index is 11.4. The van der Waals surface area contributed by atoms with Gasteiger partial charge in [-0.1, -0.05) is 0 Å². The lowest BCUT2D eigenvalue weighted by Crippen LogP contribution is -2.48. The average Bonchev–Trinajstić information content (AvgIpc) is 2.03. The molecule has 0 spiro atoms. The Morgan fingerprint density at radius 3 is 2.57 bits per heavy atom. The summed E-state index contributed by atoms with van der Waals surface area (Å²) in [5, 5.41) is 3.04. The maximum Gasteiger partial charge on any atom is 0.326 e. The summed E-state index contributed by atoms with van der Waals surface area (Å²) in [5.41, 5.74) is -0.420. The minimum Gasteiger partial charge on any atom is -0.459 e. The van der Waals surface area contributed by atoms with Crippen LogP contribution in [0.1, 0.15) is 20.8 Å². The van der Waals surface area contributed by atoms with Crippen molar-refractivity contribution in [2.24, 2.45) is 0 Å². The topological polar surface area (TPSA) is 47.6 Å². The molecule has 0 aromatic carbocycles. The maximum atomic E-state index is 11.4. The summed E-state index contributed by atoms with van der Waals surface area (Å²) >= 11 is 0. The summed E-state index contributed by atoms with van der Waals surface area (Å²) in [5.74, 6) is -0.229. The van der Waals surface area contributed by atoms with Crippen LogP contribution in [0.3, 0.4) is 0 Å². The Bertz CT molecular complexity index is 185. The molecule has 1 fully saturated rings. The van der Waals surface area contributed by atoms with Crippen LogP contribution in [0, 0.1) is 0 Å². The second kappa shape index (κ2) is 5.53. The van der Waals surface area contributed by atoms with Gasteiger partial charge in [-0.15, -0.1) is 12.4 Å². The number of carbonyl (C=O) groups excluding carboxylic acids is 1. The van der Waals surface area contributed by atoms with Gasteiger partial charge in [0, 0.05) is 6.54 Å². The first-order chi connectivity index (χ1) is 5.99. The van der Waals surface area contributed by atoms with Gasteiger partial charge in [0.05, 0.1) is 13.2 Å². The van der Waals surface area contributed by atoms with Crippen LogP contribution in [0.4, 0.5) is 0 Å². The van der Waals surface area contributed by atoms with Gasteiger partial charge in [0.15, 0.2) is 0 Å². The Morgan fingerprint density at radius 2 is 2.14 bits per heavy atom. The Labute approximate surface area is 90.7 Å². The van der Waals surface area contributed by atoms with Gasteiger partial charge in [0.25, 0.3) is 0 Å². The standard InChI is InChI=1S/C9H17NO3.ClH/c1-9(2,3)13-8(11)7-6-12-5-4-10-7;/h7,10H,4-6H2,1-3H3;1H/t7-;/m0./s1. The fourth-order valence-electron chi connectivity index (χ4n) is 1.09. The van der Waals surface area contributed by atoms with Gasteiger partial charge >= 0.3 is 5.97 Å². The summed E-state index contributed by atoms with van der Waals surface area (Å²) in [7, 11) is 0. The van der Waals surface area contributed by atoms with Crippen LogP contribution in [-0.2, 0) is 14.3 Å². The van der Waals surface area contributed by atoms with Crippen LogP contribution in [-0.4, -0.2) is 37.4 Å². The van der Waals surface area contributed by atoms with E-state index in [9.17, 15) is 4.79 Å². The van der Waals surface area contributed by atoms with Crippen LogP contribution in [0.5, 0.6) is 0 Å². The molecule has 1 aliphatic heterocycles. The SMILES string of the molecule is CC(C)(C)OC(=O)[C@@H]1COCCN1.Cl. The van der Waals surface area contributed by atoms with Gasteiger partial charge in [0.2, 0.25) is 0 Å². The highest BCUT2D eigenvalue weighted by atomic mass is 35.5. The van der Waals surface area contributed by atoms with E-state index in [0.717, 1.165) is 0 Å². The fourth-order valence-corrected chi connectivity index (χ4v) is 1.09. The molecule has 0 amide bonds. The van der Waals surface area contributed by atoms with Gasteiger partial charge < -0.3 is 14.8 Å². The largest absolute Gasteiger partial charge is 0.459 e. The second-order valence-corrected chi connectivity index (χ2v) is 4.12. The van der Waals surface area contributed by atoms with E-state index in [4.69, 9.17) is 9.47 Å². The number of esters is 1. The summed E-state index contributed by atoms with van der Waals surface area (Å²) in [6.07, 6.45) is 0. The first-order valence-electron chi connectivity index (χ1n) is 4.53. The molecule has 0 aromatic rings. The lowest BCUT2D eigenvalue weighted by Gasteiger charge is -2.26. The molecular weight excluding hydrogens is 206 g/mol. The van der Waals surface area contributed by atoms with E-state index >= 15 is 0 Å². The number of hydrogen-bond donors (Lipinski definition) is 1. The van der Waals surface area contributed by atoms with E-state index in [1.54, 1.807) is 0 Å². The number of hydrogen-bond acceptors (Lipinski definition) is 4. The van der Waals surface area contributed by atoms with Crippen molar-refractivity contribution in [2.75, 3.05) is 19.8 Å². The number of morpholine rings is 1. The number of ether oxygens (including phenoxy) is 2. The Kier molecular flexibility index (Phi) is 5.41. The van der Waals surface area contributed by atoms with E-state index in [1.807, 2.05) is 20.8 Å². The quantitative estimate of drug-likeness (QED) is 0.667. The zero-order valence-corrected chi connectivity index (χ0v) is 9.65. The van der Waals surface area contributed by atoms with Gasteiger partial charge in [-0.25, -0.2) is 0 Å². The zero-order chi connectivity index (χ0) is 9.90. The van der Waals surface area contributed by atoms with Gasteiger partial charge in [-0.2, -0.15) is 0 Å². The van der Waals surface area contributed by atoms with E-state index < -0.39 is 5.60 Å². The van der Waals surface area contributed by atoms with E-state index in [-0.39, 0.29) is 24.4 Å². The van der Waals surface area contributed by atoms with Crippen molar-refractivity contribution in [1.82, 2.24) is 5.32 Å². The van der Waals surface area contributed by atoms with Crippen LogP contribution in [0.15, 0.2) is 0 Å². The van der Waals surface area contributed by atoms with Crippen molar-refractivity contribution in [3.63, 3.8) is 0 Å². The molecule has 5 heteroatoms. The number of nitrogens with one attached hydrogen (secondary N) is 1. The molecule has 84 valence electrons. The van der Waals surface area contributed by atoms with Crippen molar-refractivity contribution >= 4 is 18.4 Å². The molecule has 4 nitrogen and oxygen atoms in total. The van der Waals surface area contributed by atoms with Gasteiger partial charge in [0.1, 0.15) is 11.6 Å². The molecule has 0 bridgehead atoms. The van der Waals surface area contributed by atoms with Crippen molar-refractivity contribution in [1.29, 1.82) is 0 Å². The minimum atomic E-state index is -0.420. The molecule has 1 atom stereocenters. The lowest BCUT2D eigenvalue weighted by atomic mass is 10.2. The first kappa shape index (κ1) is 13.7. The highest BCUT2D eigenvalue weighted by Gasteiger charge is 2.26. The smallest absolute Gasteiger partial charge is 0.326 e. The first-order valence-corrected chi connectivity index (χ1v) is 4.53. The third-order valence-corrected chi connectivity index (χ3v) is 1.61. The van der Waals surface area contributed by atoms with Crippen molar-refractivity contribution in [3.05, 3.63) is 0 Å². The van der Waals surface area contributed by atoms with Crippen molar-refractivity contribution in [2.45, 2.75) is 32.4 Å². The average molecular weight is 224 g/mol. The molecule has 0 saturated carbocycles. The molecule has 1 N–H and O–H groups in total. The van der Waals surface area contributed by atoms with Gasteiger partial charge in [-0.3, -0.25) is 4.79 Å². The van der Waals surface area contributed by atoms with Crippen molar-refractivity contribution in [3.8, 4) is 0 Å². The molecule has 1 aliphatic rings. The van der Waals surface area contributed by atoms with E-state index in [2.05, 4.69) is 5.32 Å². The summed E-state index contributed by atoms with van der Waals surface area (Å²) in [6.45, 7) is 7.36. The lowest BCUT2D eigenvalue weighted by molar-refractivity contribution is -0.160. The Morgan fingerprint density at radius 1 is 1.50 bits per heavy atom. The monoisotopic (exact) mass is 223 g/mol. The third kappa shape index (κ3) is 4.79. The van der Waals surface area contributed by atoms with Crippen LogP contribution >= 0.6 is 12.4 Å².